The summed E-state index contributed by atoms with van der Waals surface area (Å²) in [6.45, 7) is 3.29. The summed E-state index contributed by atoms with van der Waals surface area (Å²) in [5.41, 5.74) is 1.99. The fraction of sp³-hybridized carbons (Fsp3) is 0.222. The number of amides is 2. The van der Waals surface area contributed by atoms with E-state index in [9.17, 15) is 14.4 Å². The van der Waals surface area contributed by atoms with Crippen molar-refractivity contribution in [3.05, 3.63) is 41.6 Å². The van der Waals surface area contributed by atoms with Crippen LogP contribution >= 0.6 is 0 Å². The largest absolute Gasteiger partial charge is 0.467 e. The van der Waals surface area contributed by atoms with Gasteiger partial charge in [0.2, 0.25) is 0 Å². The van der Waals surface area contributed by atoms with Crippen molar-refractivity contribution in [1.82, 2.24) is 9.58 Å². The lowest BCUT2D eigenvalue weighted by Gasteiger charge is -2.12. The van der Waals surface area contributed by atoms with Crippen molar-refractivity contribution in [2.45, 2.75) is 19.9 Å². The van der Waals surface area contributed by atoms with Crippen LogP contribution in [0.3, 0.4) is 0 Å². The van der Waals surface area contributed by atoms with E-state index in [-0.39, 0.29) is 5.57 Å². The lowest BCUT2D eigenvalue weighted by atomic mass is 10.1. The number of carboxylic acid groups (broad SMARTS) is 1. The zero-order valence-corrected chi connectivity index (χ0v) is 14.5. The predicted molar refractivity (Wildman–Crippen MR) is 94.6 cm³/mol. The molecular weight excluding hydrogens is 338 g/mol. The molecular formula is C18H17N3O5. The molecule has 2 heterocycles. The summed E-state index contributed by atoms with van der Waals surface area (Å²) in [5.74, 6) is -1.09. The van der Waals surface area contributed by atoms with Crippen LogP contribution in [0.15, 0.2) is 41.1 Å². The average Bonchev–Trinajstić information content (AvgIpc) is 3.13. The first-order valence-corrected chi connectivity index (χ1v) is 7.87. The van der Waals surface area contributed by atoms with Gasteiger partial charge in [0, 0.05) is 22.7 Å². The minimum atomic E-state index is -1.43. The van der Waals surface area contributed by atoms with E-state index in [1.165, 1.54) is 7.11 Å². The number of rotatable bonds is 3. The molecule has 0 fully saturated rings. The zero-order valence-electron chi connectivity index (χ0n) is 14.5. The standard InChI is InChI=1S/C18H17N3O5/c1-10-14(16(22)21(19-10)18(24)25)8-12-9-20(11(2)17(23)26-3)15-7-5-4-6-13(12)15/h4-9,11H,1-3H3,(H,24,25)/b14-8-. The fourth-order valence-corrected chi connectivity index (χ4v) is 2.92. The number of para-hydroxylation sites is 1. The summed E-state index contributed by atoms with van der Waals surface area (Å²) in [6, 6.07) is 6.86. The number of carbonyl (C=O) groups excluding carboxylic acids is 2. The summed E-state index contributed by atoms with van der Waals surface area (Å²) < 4.78 is 6.57. The normalized spacial score (nSPS) is 16.9. The molecule has 1 aliphatic heterocycles. The minimum absolute atomic E-state index is 0.195. The number of nitrogens with zero attached hydrogens (tertiary/aromatic N) is 3. The number of hydrogen-bond donors (Lipinski definition) is 1. The molecule has 26 heavy (non-hydrogen) atoms. The monoisotopic (exact) mass is 355 g/mol. The molecule has 0 saturated heterocycles. The highest BCUT2D eigenvalue weighted by Gasteiger charge is 2.32. The van der Waals surface area contributed by atoms with Gasteiger partial charge in [-0.2, -0.15) is 5.10 Å². The van der Waals surface area contributed by atoms with Crippen LogP contribution < -0.4 is 0 Å². The summed E-state index contributed by atoms with van der Waals surface area (Å²) >= 11 is 0. The number of carbonyl (C=O) groups is 3. The van der Waals surface area contributed by atoms with Crippen LogP contribution in [0.4, 0.5) is 4.79 Å². The van der Waals surface area contributed by atoms with Crippen LogP contribution in [-0.2, 0) is 14.3 Å². The van der Waals surface area contributed by atoms with Crippen LogP contribution in [0, 0.1) is 0 Å². The van der Waals surface area contributed by atoms with Crippen molar-refractivity contribution in [2.24, 2.45) is 5.10 Å². The number of hydrazone groups is 1. The van der Waals surface area contributed by atoms with E-state index in [1.807, 2.05) is 24.3 Å². The number of aromatic nitrogens is 1. The third-order valence-corrected chi connectivity index (χ3v) is 4.27. The number of ether oxygens (including phenoxy) is 1. The first-order chi connectivity index (χ1) is 12.3. The third-order valence-electron chi connectivity index (χ3n) is 4.27. The lowest BCUT2D eigenvalue weighted by molar-refractivity contribution is -0.143. The van der Waals surface area contributed by atoms with Gasteiger partial charge in [0.15, 0.2) is 0 Å². The van der Waals surface area contributed by atoms with E-state index in [2.05, 4.69) is 5.10 Å². The van der Waals surface area contributed by atoms with Gasteiger partial charge in [-0.05, 0) is 26.0 Å². The topological polar surface area (TPSA) is 101 Å². The van der Waals surface area contributed by atoms with Gasteiger partial charge in [0.05, 0.1) is 18.4 Å². The highest BCUT2D eigenvalue weighted by atomic mass is 16.5. The van der Waals surface area contributed by atoms with E-state index in [0.717, 1.165) is 10.9 Å². The number of imide groups is 1. The molecule has 0 aliphatic carbocycles. The summed E-state index contributed by atoms with van der Waals surface area (Å²) in [7, 11) is 1.32. The second-order valence-corrected chi connectivity index (χ2v) is 5.85. The number of benzene rings is 1. The molecule has 1 unspecified atom stereocenters. The molecule has 8 heteroatoms. The molecule has 2 amide bonds. The van der Waals surface area contributed by atoms with Crippen molar-refractivity contribution < 1.29 is 24.2 Å². The molecule has 1 atom stereocenters. The molecule has 3 rings (SSSR count). The van der Waals surface area contributed by atoms with Gasteiger partial charge in [0.25, 0.3) is 5.91 Å². The maximum absolute atomic E-state index is 12.3. The number of esters is 1. The van der Waals surface area contributed by atoms with Gasteiger partial charge in [-0.15, -0.1) is 5.01 Å². The van der Waals surface area contributed by atoms with Crippen LogP contribution in [0.25, 0.3) is 17.0 Å². The van der Waals surface area contributed by atoms with Crippen LogP contribution in [0.2, 0.25) is 0 Å². The Morgan fingerprint density at radius 1 is 1.31 bits per heavy atom. The van der Waals surface area contributed by atoms with E-state index >= 15 is 0 Å². The molecule has 0 radical (unpaired) electrons. The fourth-order valence-electron chi connectivity index (χ4n) is 2.92. The van der Waals surface area contributed by atoms with E-state index < -0.39 is 24.0 Å². The van der Waals surface area contributed by atoms with Crippen molar-refractivity contribution in [1.29, 1.82) is 0 Å². The Morgan fingerprint density at radius 3 is 2.62 bits per heavy atom. The molecule has 1 N–H and O–H groups in total. The third kappa shape index (κ3) is 2.75. The Balaban J connectivity index is 2.13. The Bertz CT molecular complexity index is 986. The SMILES string of the molecule is COC(=O)C(C)n1cc(/C=C2\C(=O)N(C(=O)O)N=C2C)c2ccccc21. The zero-order chi connectivity index (χ0) is 19.0. The maximum Gasteiger partial charge on any atom is 0.435 e. The molecule has 1 aliphatic rings. The maximum atomic E-state index is 12.3. The van der Waals surface area contributed by atoms with E-state index in [0.29, 0.717) is 16.3 Å². The molecule has 8 nitrogen and oxygen atoms in total. The van der Waals surface area contributed by atoms with Gasteiger partial charge in [-0.1, -0.05) is 18.2 Å². The van der Waals surface area contributed by atoms with E-state index in [4.69, 9.17) is 9.84 Å². The van der Waals surface area contributed by atoms with Crippen molar-refractivity contribution >= 4 is 40.7 Å². The minimum Gasteiger partial charge on any atom is -0.467 e. The summed E-state index contributed by atoms with van der Waals surface area (Å²) in [5, 5.41) is 14.0. The van der Waals surface area contributed by atoms with Crippen LogP contribution in [0.1, 0.15) is 25.5 Å². The number of fused-ring (bicyclic) bond motifs is 1. The summed E-state index contributed by atoms with van der Waals surface area (Å²) in [6.07, 6.45) is 1.90. The first-order valence-electron chi connectivity index (χ1n) is 7.87. The molecule has 0 saturated carbocycles. The molecule has 134 valence electrons. The second kappa shape index (κ2) is 6.47. The smallest absolute Gasteiger partial charge is 0.435 e. The van der Waals surface area contributed by atoms with Crippen molar-refractivity contribution in [3.8, 4) is 0 Å². The second-order valence-electron chi connectivity index (χ2n) is 5.85. The number of methoxy groups -OCH3 is 1. The van der Waals surface area contributed by atoms with Crippen molar-refractivity contribution in [2.75, 3.05) is 7.11 Å². The Hall–Kier alpha value is -3.42. The van der Waals surface area contributed by atoms with Gasteiger partial charge in [-0.3, -0.25) is 4.79 Å². The Labute approximate surface area is 149 Å². The van der Waals surface area contributed by atoms with E-state index in [1.54, 1.807) is 30.7 Å². The van der Waals surface area contributed by atoms with Gasteiger partial charge in [-0.25, -0.2) is 9.59 Å². The lowest BCUT2D eigenvalue weighted by Crippen LogP contribution is -2.27. The molecule has 1 aromatic carbocycles. The van der Waals surface area contributed by atoms with Gasteiger partial charge >= 0.3 is 12.1 Å². The first kappa shape index (κ1) is 17.4. The molecule has 2 aromatic rings. The van der Waals surface area contributed by atoms with Gasteiger partial charge in [0.1, 0.15) is 6.04 Å². The number of hydrogen-bond acceptors (Lipinski definition) is 5. The molecule has 1 aromatic heterocycles. The molecule has 0 spiro atoms. The predicted octanol–water partition coefficient (Wildman–Crippen LogP) is 2.65. The highest BCUT2D eigenvalue weighted by Crippen LogP contribution is 2.28. The van der Waals surface area contributed by atoms with Crippen LogP contribution in [-0.4, -0.2) is 45.5 Å². The molecule has 0 bridgehead atoms. The highest BCUT2D eigenvalue weighted by molar-refractivity contribution is 6.29. The Kier molecular flexibility index (Phi) is 4.33. The Morgan fingerprint density at radius 2 is 2.00 bits per heavy atom. The van der Waals surface area contributed by atoms with Crippen LogP contribution in [0.5, 0.6) is 0 Å². The summed E-state index contributed by atoms with van der Waals surface area (Å²) in [4.78, 5) is 35.3. The average molecular weight is 355 g/mol. The quantitative estimate of drug-likeness (QED) is 0.674. The van der Waals surface area contributed by atoms with Crippen molar-refractivity contribution in [3.63, 3.8) is 0 Å². The van der Waals surface area contributed by atoms with Gasteiger partial charge < -0.3 is 14.4 Å².